The summed E-state index contributed by atoms with van der Waals surface area (Å²) in [4.78, 5) is 2.26. The number of hydrogen-bond donors (Lipinski definition) is 2. The number of nitrogens with zero attached hydrogens (tertiary/aromatic N) is 1. The monoisotopic (exact) mass is 252 g/mol. The van der Waals surface area contributed by atoms with Crippen LogP contribution in [0.1, 0.15) is 25.0 Å². The fourth-order valence-electron chi connectivity index (χ4n) is 1.75. The predicted molar refractivity (Wildman–Crippen MR) is 76.1 cm³/mol. The van der Waals surface area contributed by atoms with E-state index >= 15 is 0 Å². The molecule has 0 unspecified atom stereocenters. The van der Waals surface area contributed by atoms with Crippen molar-refractivity contribution in [3.05, 3.63) is 35.5 Å². The Balaban J connectivity index is 2.30. The van der Waals surface area contributed by atoms with Gasteiger partial charge in [-0.05, 0) is 43.2 Å². The largest absolute Gasteiger partial charge is 0.399 e. The minimum absolute atomic E-state index is 0.0120. The number of anilines is 1. The third-order valence-corrected chi connectivity index (χ3v) is 4.88. The zero-order valence-electron chi connectivity index (χ0n) is 9.47. The molecule has 0 radical (unpaired) electrons. The molecule has 0 saturated heterocycles. The molecule has 4 heteroatoms. The van der Waals surface area contributed by atoms with Crippen molar-refractivity contribution in [2.45, 2.75) is 25.3 Å². The fraction of sp³-hybridized carbons (Fsp3) is 0.333. The first-order valence-corrected chi connectivity index (χ1v) is 7.06. The lowest BCUT2D eigenvalue weighted by molar-refractivity contribution is 0.271. The molecule has 0 aliphatic carbocycles. The molecule has 16 heavy (non-hydrogen) atoms. The van der Waals surface area contributed by atoms with E-state index in [1.807, 2.05) is 12.1 Å². The number of hydrogen-bond acceptors (Lipinski definition) is 4. The van der Waals surface area contributed by atoms with Crippen LogP contribution in [0.25, 0.3) is 6.08 Å². The SMILES string of the molecule is CC(C)(SS)N1C=Cc2ccc(N)cc2C1. The van der Waals surface area contributed by atoms with Gasteiger partial charge in [-0.1, -0.05) is 16.9 Å². The van der Waals surface area contributed by atoms with E-state index in [9.17, 15) is 0 Å². The summed E-state index contributed by atoms with van der Waals surface area (Å²) < 4.78 is 0. The van der Waals surface area contributed by atoms with Crippen LogP contribution in [0.3, 0.4) is 0 Å². The highest BCUT2D eigenvalue weighted by Crippen LogP contribution is 2.35. The van der Waals surface area contributed by atoms with Crippen LogP contribution in [0.5, 0.6) is 0 Å². The number of nitrogen functional groups attached to an aromatic ring is 1. The summed E-state index contributed by atoms with van der Waals surface area (Å²) in [5.74, 6) is 0. The zero-order chi connectivity index (χ0) is 11.8. The van der Waals surface area contributed by atoms with E-state index < -0.39 is 0 Å². The summed E-state index contributed by atoms with van der Waals surface area (Å²) in [6.07, 6.45) is 4.26. The normalized spacial score (nSPS) is 15.1. The third-order valence-electron chi connectivity index (χ3n) is 2.86. The van der Waals surface area contributed by atoms with Gasteiger partial charge in [0.05, 0.1) is 4.87 Å². The van der Waals surface area contributed by atoms with E-state index in [0.717, 1.165) is 12.2 Å². The van der Waals surface area contributed by atoms with Gasteiger partial charge in [0, 0.05) is 18.4 Å². The lowest BCUT2D eigenvalue weighted by atomic mass is 10.0. The smallest absolute Gasteiger partial charge is 0.0900 e. The molecule has 0 fully saturated rings. The van der Waals surface area contributed by atoms with Gasteiger partial charge in [0.25, 0.3) is 0 Å². The van der Waals surface area contributed by atoms with Crippen molar-refractivity contribution in [2.75, 3.05) is 5.73 Å². The molecular formula is C12H16N2S2. The molecule has 0 bridgehead atoms. The van der Waals surface area contributed by atoms with Gasteiger partial charge in [0.1, 0.15) is 0 Å². The summed E-state index contributed by atoms with van der Waals surface area (Å²) in [5, 5.41) is 0. The van der Waals surface area contributed by atoms with E-state index in [1.165, 1.54) is 11.1 Å². The number of rotatable bonds is 2. The second kappa shape index (κ2) is 4.26. The number of nitrogens with two attached hydrogens (primary N) is 1. The van der Waals surface area contributed by atoms with Crippen LogP contribution in [0.4, 0.5) is 5.69 Å². The number of thiol groups is 1. The lowest BCUT2D eigenvalue weighted by Crippen LogP contribution is -2.37. The first-order chi connectivity index (χ1) is 7.53. The van der Waals surface area contributed by atoms with Crippen molar-refractivity contribution < 1.29 is 0 Å². The molecule has 2 nitrogen and oxygen atoms in total. The molecule has 1 aliphatic rings. The first kappa shape index (κ1) is 11.7. The van der Waals surface area contributed by atoms with Crippen molar-refractivity contribution in [1.82, 2.24) is 4.90 Å². The first-order valence-electron chi connectivity index (χ1n) is 5.19. The minimum Gasteiger partial charge on any atom is -0.399 e. The molecule has 2 rings (SSSR count). The molecule has 1 aromatic rings. The van der Waals surface area contributed by atoms with Crippen molar-refractivity contribution in [3.63, 3.8) is 0 Å². The van der Waals surface area contributed by atoms with Crippen LogP contribution in [0.15, 0.2) is 24.4 Å². The van der Waals surface area contributed by atoms with Crippen molar-refractivity contribution in [1.29, 1.82) is 0 Å². The molecular weight excluding hydrogens is 236 g/mol. The van der Waals surface area contributed by atoms with E-state index in [2.05, 4.69) is 48.8 Å². The third kappa shape index (κ3) is 2.18. The quantitative estimate of drug-likeness (QED) is 0.480. The van der Waals surface area contributed by atoms with Crippen LogP contribution in [-0.2, 0) is 6.54 Å². The van der Waals surface area contributed by atoms with E-state index in [4.69, 9.17) is 5.73 Å². The van der Waals surface area contributed by atoms with Gasteiger partial charge in [0.2, 0.25) is 0 Å². The van der Waals surface area contributed by atoms with Crippen LogP contribution < -0.4 is 5.73 Å². The average molecular weight is 252 g/mol. The molecule has 2 N–H and O–H groups in total. The zero-order valence-corrected chi connectivity index (χ0v) is 11.2. The fourth-order valence-corrected chi connectivity index (χ4v) is 2.30. The van der Waals surface area contributed by atoms with Crippen molar-refractivity contribution >= 4 is 34.2 Å². The Kier molecular flexibility index (Phi) is 3.13. The van der Waals surface area contributed by atoms with Crippen molar-refractivity contribution in [3.8, 4) is 0 Å². The molecule has 0 saturated carbocycles. The summed E-state index contributed by atoms with van der Waals surface area (Å²) in [5.41, 5.74) is 9.16. The Morgan fingerprint density at radius 3 is 2.88 bits per heavy atom. The maximum atomic E-state index is 5.81. The van der Waals surface area contributed by atoms with Gasteiger partial charge < -0.3 is 10.6 Å². The van der Waals surface area contributed by atoms with Gasteiger partial charge in [-0.3, -0.25) is 0 Å². The van der Waals surface area contributed by atoms with Crippen LogP contribution >= 0.6 is 22.5 Å². The molecule has 0 amide bonds. The topological polar surface area (TPSA) is 29.3 Å². The predicted octanol–water partition coefficient (Wildman–Crippen LogP) is 3.37. The Morgan fingerprint density at radius 1 is 1.44 bits per heavy atom. The van der Waals surface area contributed by atoms with Crippen molar-refractivity contribution in [2.24, 2.45) is 0 Å². The standard InChI is InChI=1S/C12H16N2S2/c1-12(2,16-15)14-6-5-9-3-4-11(13)7-10(9)8-14/h3-7,15H,8,13H2,1-2H3. The Labute approximate surface area is 106 Å². The second-order valence-corrected chi connectivity index (χ2v) is 6.17. The van der Waals surface area contributed by atoms with Crippen LogP contribution in [0.2, 0.25) is 0 Å². The van der Waals surface area contributed by atoms with Gasteiger partial charge in [0.15, 0.2) is 0 Å². The van der Waals surface area contributed by atoms with Gasteiger partial charge in [-0.25, -0.2) is 0 Å². The van der Waals surface area contributed by atoms with Gasteiger partial charge in [-0.15, -0.1) is 11.7 Å². The van der Waals surface area contributed by atoms with Gasteiger partial charge in [-0.2, -0.15) is 0 Å². The average Bonchev–Trinajstić information content (AvgIpc) is 2.28. The Hall–Kier alpha value is -0.740. The highest BCUT2D eigenvalue weighted by molar-refractivity contribution is 8.69. The van der Waals surface area contributed by atoms with E-state index in [1.54, 1.807) is 10.8 Å². The number of fused-ring (bicyclic) bond motifs is 1. The lowest BCUT2D eigenvalue weighted by Gasteiger charge is -2.38. The summed E-state index contributed by atoms with van der Waals surface area (Å²) in [6, 6.07) is 6.06. The minimum atomic E-state index is -0.0120. The Morgan fingerprint density at radius 2 is 2.19 bits per heavy atom. The molecule has 1 heterocycles. The second-order valence-electron chi connectivity index (χ2n) is 4.44. The Bertz CT molecular complexity index is 427. The van der Waals surface area contributed by atoms with Crippen LogP contribution in [0, 0.1) is 0 Å². The molecule has 0 spiro atoms. The van der Waals surface area contributed by atoms with Gasteiger partial charge >= 0.3 is 0 Å². The summed E-state index contributed by atoms with van der Waals surface area (Å²) in [6.45, 7) is 5.20. The molecule has 0 atom stereocenters. The highest BCUT2D eigenvalue weighted by Gasteiger charge is 2.26. The number of benzene rings is 1. The summed E-state index contributed by atoms with van der Waals surface area (Å²) >= 11 is 4.32. The van der Waals surface area contributed by atoms with E-state index in [-0.39, 0.29) is 4.87 Å². The highest BCUT2D eigenvalue weighted by atomic mass is 33.1. The maximum Gasteiger partial charge on any atom is 0.0900 e. The van der Waals surface area contributed by atoms with E-state index in [0.29, 0.717) is 0 Å². The molecule has 1 aliphatic heterocycles. The van der Waals surface area contributed by atoms with Crippen LogP contribution in [-0.4, -0.2) is 9.77 Å². The molecule has 86 valence electrons. The molecule has 0 aromatic heterocycles. The molecule has 1 aromatic carbocycles. The summed E-state index contributed by atoms with van der Waals surface area (Å²) in [7, 11) is 1.55. The maximum absolute atomic E-state index is 5.81.